The summed E-state index contributed by atoms with van der Waals surface area (Å²) in [7, 11) is 0. The van der Waals surface area contributed by atoms with Gasteiger partial charge in [0.05, 0.1) is 12.3 Å². The zero-order valence-electron chi connectivity index (χ0n) is 13.1. The maximum atomic E-state index is 11.8. The molecule has 0 unspecified atom stereocenters. The maximum absolute atomic E-state index is 11.8. The molecule has 0 spiro atoms. The molecular formula is C18H26N2O2. The normalized spacial score (nSPS) is 14.3. The number of hydrogen-bond acceptors (Lipinski definition) is 3. The molecule has 4 nitrogen and oxygen atoms in total. The fourth-order valence-electron chi connectivity index (χ4n) is 2.61. The summed E-state index contributed by atoms with van der Waals surface area (Å²) < 4.78 is 5.57. The van der Waals surface area contributed by atoms with Crippen LogP contribution in [0.4, 0.5) is 5.69 Å². The second-order valence-corrected chi connectivity index (χ2v) is 5.70. The van der Waals surface area contributed by atoms with Crippen LogP contribution in [-0.2, 0) is 4.79 Å². The fourth-order valence-corrected chi connectivity index (χ4v) is 2.61. The predicted molar refractivity (Wildman–Crippen MR) is 89.8 cm³/mol. The van der Waals surface area contributed by atoms with E-state index in [1.165, 1.54) is 31.3 Å². The van der Waals surface area contributed by atoms with Crippen LogP contribution in [0.1, 0.15) is 44.9 Å². The third kappa shape index (κ3) is 5.80. The van der Waals surface area contributed by atoms with Crippen LogP contribution in [0.2, 0.25) is 0 Å². The lowest BCUT2D eigenvalue weighted by Crippen LogP contribution is -2.25. The van der Waals surface area contributed by atoms with E-state index in [0.717, 1.165) is 13.0 Å². The van der Waals surface area contributed by atoms with Crippen molar-refractivity contribution >= 4 is 11.6 Å². The van der Waals surface area contributed by atoms with Crippen molar-refractivity contribution < 1.29 is 9.53 Å². The number of nitrogens with two attached hydrogens (primary N) is 1. The second-order valence-electron chi connectivity index (χ2n) is 5.70. The summed E-state index contributed by atoms with van der Waals surface area (Å²) in [6.07, 6.45) is 9.50. The van der Waals surface area contributed by atoms with E-state index in [0.29, 0.717) is 30.9 Å². The molecule has 1 aromatic rings. The van der Waals surface area contributed by atoms with E-state index in [1.54, 1.807) is 0 Å². The van der Waals surface area contributed by atoms with Gasteiger partial charge in [0.15, 0.2) is 0 Å². The summed E-state index contributed by atoms with van der Waals surface area (Å²) in [6, 6.07) is 7.41. The van der Waals surface area contributed by atoms with Crippen LogP contribution in [0.25, 0.3) is 0 Å². The molecule has 1 amide bonds. The van der Waals surface area contributed by atoms with Crippen molar-refractivity contribution in [2.75, 3.05) is 18.9 Å². The van der Waals surface area contributed by atoms with E-state index in [4.69, 9.17) is 10.5 Å². The van der Waals surface area contributed by atoms with Crippen LogP contribution >= 0.6 is 0 Å². The van der Waals surface area contributed by atoms with Crippen molar-refractivity contribution in [3.63, 3.8) is 0 Å². The number of ether oxygens (including phenoxy) is 1. The van der Waals surface area contributed by atoms with Gasteiger partial charge in [-0.3, -0.25) is 4.79 Å². The number of rotatable bonds is 8. The average molecular weight is 302 g/mol. The molecule has 3 N–H and O–H groups in total. The molecule has 120 valence electrons. The van der Waals surface area contributed by atoms with Gasteiger partial charge in [-0.05, 0) is 50.7 Å². The number of para-hydroxylation sites is 2. The summed E-state index contributed by atoms with van der Waals surface area (Å²) >= 11 is 0. The Morgan fingerprint density at radius 3 is 2.91 bits per heavy atom. The molecule has 0 saturated heterocycles. The van der Waals surface area contributed by atoms with Gasteiger partial charge < -0.3 is 15.8 Å². The van der Waals surface area contributed by atoms with Gasteiger partial charge >= 0.3 is 0 Å². The van der Waals surface area contributed by atoms with E-state index in [2.05, 4.69) is 11.4 Å². The lowest BCUT2D eigenvalue weighted by Gasteiger charge is -2.13. The monoisotopic (exact) mass is 302 g/mol. The standard InChI is InChI=1S/C18H26N2O2/c19-16-9-4-5-10-17(16)22-14-6-11-18(21)20-13-12-15-7-2-1-3-8-15/h4-5,7,9-10H,1-3,6,8,11-14,19H2,(H,20,21). The van der Waals surface area contributed by atoms with Gasteiger partial charge in [0.25, 0.3) is 0 Å². The Labute approximate surface area is 132 Å². The highest BCUT2D eigenvalue weighted by molar-refractivity contribution is 5.75. The predicted octanol–water partition coefficient (Wildman–Crippen LogP) is 3.43. The van der Waals surface area contributed by atoms with Crippen LogP contribution in [0.5, 0.6) is 5.75 Å². The van der Waals surface area contributed by atoms with Gasteiger partial charge in [-0.15, -0.1) is 0 Å². The van der Waals surface area contributed by atoms with Crippen molar-refractivity contribution in [1.82, 2.24) is 5.32 Å². The smallest absolute Gasteiger partial charge is 0.220 e. The first-order valence-electron chi connectivity index (χ1n) is 8.17. The highest BCUT2D eigenvalue weighted by atomic mass is 16.5. The number of benzene rings is 1. The Balaban J connectivity index is 1.54. The highest BCUT2D eigenvalue weighted by Gasteiger charge is 2.05. The average Bonchev–Trinajstić information content (AvgIpc) is 2.54. The number of amides is 1. The Morgan fingerprint density at radius 1 is 1.27 bits per heavy atom. The van der Waals surface area contributed by atoms with Gasteiger partial charge in [-0.2, -0.15) is 0 Å². The molecule has 0 heterocycles. The van der Waals surface area contributed by atoms with Gasteiger partial charge in [0, 0.05) is 13.0 Å². The zero-order valence-corrected chi connectivity index (χ0v) is 13.1. The Hall–Kier alpha value is -1.97. The molecule has 1 aliphatic carbocycles. The fraction of sp³-hybridized carbons (Fsp3) is 0.500. The Bertz CT molecular complexity index is 512. The minimum Gasteiger partial charge on any atom is -0.491 e. The van der Waals surface area contributed by atoms with Crippen LogP contribution in [0.3, 0.4) is 0 Å². The van der Waals surface area contributed by atoms with Crippen molar-refractivity contribution in [2.24, 2.45) is 0 Å². The molecule has 4 heteroatoms. The van der Waals surface area contributed by atoms with Crippen molar-refractivity contribution in [2.45, 2.75) is 44.9 Å². The van der Waals surface area contributed by atoms with E-state index in [9.17, 15) is 4.79 Å². The highest BCUT2D eigenvalue weighted by Crippen LogP contribution is 2.20. The number of nitrogen functional groups attached to an aromatic ring is 1. The van der Waals surface area contributed by atoms with E-state index >= 15 is 0 Å². The summed E-state index contributed by atoms with van der Waals surface area (Å²) in [5.41, 5.74) is 7.92. The van der Waals surface area contributed by atoms with Crippen molar-refractivity contribution in [3.8, 4) is 5.75 Å². The molecular weight excluding hydrogens is 276 g/mol. The molecule has 0 aliphatic heterocycles. The molecule has 1 aliphatic rings. The third-order valence-corrected chi connectivity index (χ3v) is 3.88. The third-order valence-electron chi connectivity index (χ3n) is 3.88. The van der Waals surface area contributed by atoms with Gasteiger partial charge in [-0.25, -0.2) is 0 Å². The number of nitrogens with one attached hydrogen (secondary N) is 1. The molecule has 1 aromatic carbocycles. The summed E-state index contributed by atoms with van der Waals surface area (Å²) in [6.45, 7) is 1.25. The van der Waals surface area contributed by atoms with E-state index in [1.807, 2.05) is 24.3 Å². The molecule has 0 fully saturated rings. The first kappa shape index (κ1) is 16.4. The molecule has 0 saturated carbocycles. The summed E-state index contributed by atoms with van der Waals surface area (Å²) in [5, 5.41) is 2.98. The van der Waals surface area contributed by atoms with Crippen LogP contribution in [0, 0.1) is 0 Å². The first-order chi connectivity index (χ1) is 10.8. The van der Waals surface area contributed by atoms with Gasteiger partial charge in [0.1, 0.15) is 5.75 Å². The molecule has 0 aromatic heterocycles. The number of carbonyl (C=O) groups is 1. The molecule has 0 radical (unpaired) electrons. The molecule has 22 heavy (non-hydrogen) atoms. The number of hydrogen-bond donors (Lipinski definition) is 2. The van der Waals surface area contributed by atoms with Crippen molar-refractivity contribution in [1.29, 1.82) is 0 Å². The lowest BCUT2D eigenvalue weighted by atomic mass is 9.97. The van der Waals surface area contributed by atoms with Gasteiger partial charge in [0.2, 0.25) is 5.91 Å². The Morgan fingerprint density at radius 2 is 2.14 bits per heavy atom. The number of anilines is 1. The van der Waals surface area contributed by atoms with E-state index < -0.39 is 0 Å². The first-order valence-corrected chi connectivity index (χ1v) is 8.17. The lowest BCUT2D eigenvalue weighted by molar-refractivity contribution is -0.121. The topological polar surface area (TPSA) is 64.3 Å². The summed E-state index contributed by atoms with van der Waals surface area (Å²) in [5.74, 6) is 0.785. The Kier molecular flexibility index (Phi) is 6.81. The minimum atomic E-state index is 0.0982. The number of allylic oxidation sites excluding steroid dienone is 1. The molecule has 0 atom stereocenters. The SMILES string of the molecule is Nc1ccccc1OCCCC(=O)NCCC1=CCCCC1. The quantitative estimate of drug-likeness (QED) is 0.439. The number of carbonyl (C=O) groups excluding carboxylic acids is 1. The van der Waals surface area contributed by atoms with Crippen molar-refractivity contribution in [3.05, 3.63) is 35.9 Å². The minimum absolute atomic E-state index is 0.0982. The van der Waals surface area contributed by atoms with E-state index in [-0.39, 0.29) is 5.91 Å². The summed E-state index contributed by atoms with van der Waals surface area (Å²) in [4.78, 5) is 11.8. The second kappa shape index (κ2) is 9.13. The van der Waals surface area contributed by atoms with Crippen LogP contribution in [-0.4, -0.2) is 19.1 Å². The maximum Gasteiger partial charge on any atom is 0.220 e. The molecule has 0 bridgehead atoms. The molecule has 2 rings (SSSR count). The zero-order chi connectivity index (χ0) is 15.6. The van der Waals surface area contributed by atoms with Crippen LogP contribution < -0.4 is 15.8 Å². The van der Waals surface area contributed by atoms with Crippen LogP contribution in [0.15, 0.2) is 35.9 Å². The largest absolute Gasteiger partial charge is 0.491 e. The van der Waals surface area contributed by atoms with Gasteiger partial charge in [-0.1, -0.05) is 23.8 Å².